The molecule has 2 N–H and O–H groups in total. The minimum absolute atomic E-state index is 0.0703. The lowest BCUT2D eigenvalue weighted by Crippen LogP contribution is -2.37. The van der Waals surface area contributed by atoms with Crippen LogP contribution in [0.2, 0.25) is 0 Å². The van der Waals surface area contributed by atoms with Crippen molar-refractivity contribution in [3.63, 3.8) is 0 Å². The fraction of sp³-hybridized carbons (Fsp3) is 0.333. The molecule has 4 nitrogen and oxygen atoms in total. The summed E-state index contributed by atoms with van der Waals surface area (Å²) in [5, 5.41) is 5.25. The van der Waals surface area contributed by atoms with Crippen LogP contribution in [0.4, 0.5) is 4.39 Å². The van der Waals surface area contributed by atoms with Crippen molar-refractivity contribution in [1.29, 1.82) is 0 Å². The van der Waals surface area contributed by atoms with Gasteiger partial charge in [0, 0.05) is 10.5 Å². The number of rotatable bonds is 4. The van der Waals surface area contributed by atoms with Crippen molar-refractivity contribution in [2.24, 2.45) is 0 Å². The molecule has 0 saturated heterocycles. The fourth-order valence-corrected chi connectivity index (χ4v) is 1.97. The maximum atomic E-state index is 12.8. The lowest BCUT2D eigenvalue weighted by molar-refractivity contribution is -0.120. The first-order valence-corrected chi connectivity index (χ1v) is 6.38. The predicted octanol–water partition coefficient (Wildman–Crippen LogP) is 1.60. The van der Waals surface area contributed by atoms with Crippen molar-refractivity contribution in [1.82, 2.24) is 10.6 Å². The summed E-state index contributed by atoms with van der Waals surface area (Å²) in [4.78, 5) is 23.1. The second-order valence-corrected chi connectivity index (χ2v) is 5.00. The third kappa shape index (κ3) is 3.53. The molecule has 18 heavy (non-hydrogen) atoms. The number of carbonyl (C=O) groups is 2. The quantitative estimate of drug-likeness (QED) is 0.887. The van der Waals surface area contributed by atoms with Gasteiger partial charge < -0.3 is 10.6 Å². The first-order valence-electron chi connectivity index (χ1n) is 5.59. The van der Waals surface area contributed by atoms with Gasteiger partial charge in [-0.3, -0.25) is 9.59 Å². The van der Waals surface area contributed by atoms with Crippen molar-refractivity contribution < 1.29 is 14.0 Å². The first kappa shape index (κ1) is 13.0. The van der Waals surface area contributed by atoms with Gasteiger partial charge in [-0.15, -0.1) is 0 Å². The number of carbonyl (C=O) groups excluding carboxylic acids is 2. The lowest BCUT2D eigenvalue weighted by atomic mass is 10.2. The third-order valence-electron chi connectivity index (χ3n) is 2.53. The van der Waals surface area contributed by atoms with Gasteiger partial charge in [-0.2, -0.15) is 0 Å². The van der Waals surface area contributed by atoms with Gasteiger partial charge >= 0.3 is 0 Å². The van der Waals surface area contributed by atoms with Gasteiger partial charge in [-0.1, -0.05) is 0 Å². The smallest absolute Gasteiger partial charge is 0.252 e. The topological polar surface area (TPSA) is 58.2 Å². The number of amides is 2. The van der Waals surface area contributed by atoms with Crippen LogP contribution in [-0.2, 0) is 4.79 Å². The van der Waals surface area contributed by atoms with Gasteiger partial charge in [0.1, 0.15) is 5.82 Å². The summed E-state index contributed by atoms with van der Waals surface area (Å²) in [6.07, 6.45) is 2.01. The Morgan fingerprint density at radius 1 is 1.39 bits per heavy atom. The molecule has 1 aliphatic carbocycles. The Morgan fingerprint density at radius 2 is 2.11 bits per heavy atom. The Morgan fingerprint density at radius 3 is 2.72 bits per heavy atom. The minimum Gasteiger partial charge on any atom is -0.352 e. The number of nitrogens with one attached hydrogen (secondary N) is 2. The molecule has 96 valence electrons. The Hall–Kier alpha value is -1.43. The highest BCUT2D eigenvalue weighted by Gasteiger charge is 2.23. The monoisotopic (exact) mass is 314 g/mol. The van der Waals surface area contributed by atoms with E-state index in [2.05, 4.69) is 26.6 Å². The molecule has 2 amide bonds. The molecular formula is C12H12BrFN2O2. The highest BCUT2D eigenvalue weighted by molar-refractivity contribution is 9.10. The van der Waals surface area contributed by atoms with E-state index in [1.54, 1.807) is 0 Å². The van der Waals surface area contributed by atoms with Crippen LogP contribution >= 0.6 is 15.9 Å². The highest BCUT2D eigenvalue weighted by atomic mass is 79.9. The van der Waals surface area contributed by atoms with Crippen molar-refractivity contribution in [3.05, 3.63) is 34.1 Å². The van der Waals surface area contributed by atoms with Crippen LogP contribution in [-0.4, -0.2) is 24.4 Å². The summed E-state index contributed by atoms with van der Waals surface area (Å²) in [5.74, 6) is -1.04. The standard InChI is InChI=1S/C12H12BrFN2O2/c13-10-5-7(14)1-4-9(10)12(18)15-6-11(17)16-8-2-3-8/h1,4-5,8H,2-3,6H2,(H,15,18)(H,16,17). The molecule has 0 aromatic heterocycles. The molecular weight excluding hydrogens is 303 g/mol. The molecule has 0 atom stereocenters. The van der Waals surface area contributed by atoms with E-state index in [4.69, 9.17) is 0 Å². The van der Waals surface area contributed by atoms with Gasteiger partial charge in [0.25, 0.3) is 5.91 Å². The summed E-state index contributed by atoms with van der Waals surface area (Å²) in [6, 6.07) is 4.04. The van der Waals surface area contributed by atoms with E-state index < -0.39 is 11.7 Å². The van der Waals surface area contributed by atoms with E-state index in [1.165, 1.54) is 18.2 Å². The molecule has 0 heterocycles. The van der Waals surface area contributed by atoms with E-state index in [-0.39, 0.29) is 18.5 Å². The maximum absolute atomic E-state index is 12.8. The number of benzene rings is 1. The zero-order valence-electron chi connectivity index (χ0n) is 9.50. The van der Waals surface area contributed by atoms with Crippen LogP contribution in [0.15, 0.2) is 22.7 Å². The van der Waals surface area contributed by atoms with Crippen LogP contribution in [0.5, 0.6) is 0 Å². The number of halogens is 2. The van der Waals surface area contributed by atoms with Crippen molar-refractivity contribution in [2.45, 2.75) is 18.9 Å². The third-order valence-corrected chi connectivity index (χ3v) is 3.18. The lowest BCUT2D eigenvalue weighted by Gasteiger charge is -2.07. The van der Waals surface area contributed by atoms with Crippen LogP contribution < -0.4 is 10.6 Å². The predicted molar refractivity (Wildman–Crippen MR) is 67.6 cm³/mol. The van der Waals surface area contributed by atoms with E-state index in [9.17, 15) is 14.0 Å². The van der Waals surface area contributed by atoms with Crippen molar-refractivity contribution in [2.75, 3.05) is 6.54 Å². The van der Waals surface area contributed by atoms with Gasteiger partial charge in [-0.05, 0) is 47.0 Å². The molecule has 0 bridgehead atoms. The minimum atomic E-state index is -0.426. The molecule has 0 spiro atoms. The molecule has 2 rings (SSSR count). The summed E-state index contributed by atoms with van der Waals surface area (Å²) >= 11 is 3.10. The van der Waals surface area contributed by atoms with E-state index in [1.807, 2.05) is 0 Å². The fourth-order valence-electron chi connectivity index (χ4n) is 1.44. The Labute approximate surface area is 112 Å². The molecule has 0 unspecified atom stereocenters. The molecule has 1 aromatic rings. The molecule has 1 aliphatic rings. The summed E-state index contributed by atoms with van der Waals surface area (Å²) in [7, 11) is 0. The highest BCUT2D eigenvalue weighted by Crippen LogP contribution is 2.19. The van der Waals surface area contributed by atoms with Crippen molar-refractivity contribution >= 4 is 27.7 Å². The number of hydrogen-bond acceptors (Lipinski definition) is 2. The second kappa shape index (κ2) is 5.48. The summed E-state index contributed by atoms with van der Waals surface area (Å²) in [6.45, 7) is -0.0703. The molecule has 1 saturated carbocycles. The molecule has 0 radical (unpaired) electrons. The van der Waals surface area contributed by atoms with E-state index >= 15 is 0 Å². The zero-order valence-corrected chi connectivity index (χ0v) is 11.1. The average molecular weight is 315 g/mol. The van der Waals surface area contributed by atoms with Gasteiger partial charge in [-0.25, -0.2) is 4.39 Å². The van der Waals surface area contributed by atoms with Crippen LogP contribution in [0.1, 0.15) is 23.2 Å². The van der Waals surface area contributed by atoms with Gasteiger partial charge in [0.15, 0.2) is 0 Å². The van der Waals surface area contributed by atoms with Crippen molar-refractivity contribution in [3.8, 4) is 0 Å². The van der Waals surface area contributed by atoms with Crippen LogP contribution in [0.3, 0.4) is 0 Å². The zero-order chi connectivity index (χ0) is 13.1. The Balaban J connectivity index is 1.88. The van der Waals surface area contributed by atoms with Gasteiger partial charge in [0.05, 0.1) is 12.1 Å². The summed E-state index contributed by atoms with van der Waals surface area (Å²) in [5.41, 5.74) is 0.302. The molecule has 1 aromatic carbocycles. The number of hydrogen-bond donors (Lipinski definition) is 2. The Kier molecular flexibility index (Phi) is 3.96. The normalized spacial score (nSPS) is 14.1. The Bertz CT molecular complexity index is 489. The second-order valence-electron chi connectivity index (χ2n) is 4.15. The maximum Gasteiger partial charge on any atom is 0.252 e. The average Bonchev–Trinajstić information content (AvgIpc) is 3.10. The molecule has 6 heteroatoms. The van der Waals surface area contributed by atoms with Gasteiger partial charge in [0.2, 0.25) is 5.91 Å². The largest absolute Gasteiger partial charge is 0.352 e. The summed E-state index contributed by atoms with van der Waals surface area (Å²) < 4.78 is 13.2. The van der Waals surface area contributed by atoms with Crippen LogP contribution in [0, 0.1) is 5.82 Å². The van der Waals surface area contributed by atoms with Crippen LogP contribution in [0.25, 0.3) is 0 Å². The first-order chi connectivity index (χ1) is 8.56. The molecule has 0 aliphatic heterocycles. The van der Waals surface area contributed by atoms with E-state index in [0.29, 0.717) is 10.0 Å². The molecule has 1 fully saturated rings. The SMILES string of the molecule is O=C(CNC(=O)c1ccc(F)cc1Br)NC1CC1. The van der Waals surface area contributed by atoms with E-state index in [0.717, 1.165) is 12.8 Å².